The van der Waals surface area contributed by atoms with Crippen LogP contribution in [0.15, 0.2) is 18.2 Å². The average Bonchev–Trinajstić information content (AvgIpc) is 3.97. The van der Waals surface area contributed by atoms with E-state index in [0.717, 1.165) is 31.2 Å². The van der Waals surface area contributed by atoms with E-state index in [2.05, 4.69) is 21.4 Å². The zero-order chi connectivity index (χ0) is 35.6. The summed E-state index contributed by atoms with van der Waals surface area (Å²) in [5.74, 6) is -1.65. The topological polar surface area (TPSA) is 184 Å². The van der Waals surface area contributed by atoms with Gasteiger partial charge in [0.15, 0.2) is 0 Å². The van der Waals surface area contributed by atoms with Crippen molar-refractivity contribution in [3.63, 3.8) is 0 Å². The molecule has 5 atom stereocenters. The Bertz CT molecular complexity index is 1600. The summed E-state index contributed by atoms with van der Waals surface area (Å²) in [6.07, 6.45) is 5.53. The van der Waals surface area contributed by atoms with E-state index in [-0.39, 0.29) is 31.9 Å². The van der Waals surface area contributed by atoms with Crippen molar-refractivity contribution in [2.24, 2.45) is 11.3 Å². The van der Waals surface area contributed by atoms with Gasteiger partial charge >= 0.3 is 6.09 Å². The molecular formula is C35H49N5O8S. The Hall–Kier alpha value is -3.86. The highest BCUT2D eigenvalue weighted by atomic mass is 32.2. The van der Waals surface area contributed by atoms with Crippen molar-refractivity contribution in [2.75, 3.05) is 13.2 Å². The number of nitrogens with zero attached hydrogens (tertiary/aromatic N) is 2. The van der Waals surface area contributed by atoms with Gasteiger partial charge in [-0.05, 0) is 67.6 Å². The molecule has 13 nitrogen and oxygen atoms in total. The first-order valence-corrected chi connectivity index (χ1v) is 19.0. The van der Waals surface area contributed by atoms with Crippen molar-refractivity contribution >= 4 is 33.8 Å². The van der Waals surface area contributed by atoms with E-state index in [1.54, 1.807) is 32.9 Å². The largest absolute Gasteiger partial charge is 0.488 e. The van der Waals surface area contributed by atoms with Crippen LogP contribution in [0.4, 0.5) is 4.79 Å². The van der Waals surface area contributed by atoms with E-state index in [9.17, 15) is 32.9 Å². The van der Waals surface area contributed by atoms with Gasteiger partial charge in [-0.15, -0.1) is 0 Å². The number of sulfonamides is 1. The number of nitrogens with one attached hydrogen (secondary N) is 3. The standard InChI is InChI=1S/C35H49N5O8S/c1-5-24-19-35(24,32(43)39-49(45,46)26-14-15-26)38-30(41)27-18-25-21-40(27)31(42)29(34(2,3)4)37-33(44)47-16-10-8-6-7-9-11-23-13-12-22(20-36)17-28(23)48-25/h12-13,17,24-27,29H,5-11,14-16,18-19,21H2,1-4H3,(H,37,44)(H,38,41)(H,39,43)/t24-,25+,27-,29+,35-/m0/s1. The van der Waals surface area contributed by atoms with Crippen molar-refractivity contribution in [1.29, 1.82) is 5.26 Å². The molecule has 0 unspecified atom stereocenters. The van der Waals surface area contributed by atoms with Gasteiger partial charge in [0.05, 0.1) is 30.0 Å². The lowest BCUT2D eigenvalue weighted by Crippen LogP contribution is -2.60. The lowest BCUT2D eigenvalue weighted by molar-refractivity contribution is -0.142. The van der Waals surface area contributed by atoms with Crippen LogP contribution in [0, 0.1) is 22.7 Å². The van der Waals surface area contributed by atoms with Crippen molar-refractivity contribution in [3.05, 3.63) is 29.3 Å². The molecule has 14 heteroatoms. The summed E-state index contributed by atoms with van der Waals surface area (Å²) in [5, 5.41) is 14.6. The molecule has 2 saturated carbocycles. The highest BCUT2D eigenvalue weighted by Gasteiger charge is 2.62. The molecule has 2 aliphatic carbocycles. The third-order valence-electron chi connectivity index (χ3n) is 10.1. The molecule has 2 bridgehead atoms. The average molecular weight is 700 g/mol. The number of alkyl carbamates (subject to hydrolysis) is 1. The molecule has 0 radical (unpaired) electrons. The lowest BCUT2D eigenvalue weighted by Gasteiger charge is -2.35. The number of aryl methyl sites for hydroxylation is 1. The number of carbonyl (C=O) groups is 4. The molecule has 2 aliphatic heterocycles. The highest BCUT2D eigenvalue weighted by Crippen LogP contribution is 2.47. The minimum atomic E-state index is -3.85. The number of rotatable bonds is 6. The number of nitriles is 1. The molecule has 49 heavy (non-hydrogen) atoms. The van der Waals surface area contributed by atoms with Crippen LogP contribution in [-0.4, -0.2) is 79.3 Å². The molecule has 1 saturated heterocycles. The molecule has 268 valence electrons. The summed E-state index contributed by atoms with van der Waals surface area (Å²) in [6, 6.07) is 5.31. The van der Waals surface area contributed by atoms with Gasteiger partial charge in [-0.2, -0.15) is 5.26 Å². The van der Waals surface area contributed by atoms with Gasteiger partial charge in [0.25, 0.3) is 5.91 Å². The summed E-state index contributed by atoms with van der Waals surface area (Å²) in [5.41, 5.74) is -0.851. The maximum Gasteiger partial charge on any atom is 0.407 e. The van der Waals surface area contributed by atoms with Crippen LogP contribution in [0.2, 0.25) is 0 Å². The van der Waals surface area contributed by atoms with Crippen LogP contribution in [-0.2, 0) is 35.6 Å². The Morgan fingerprint density at radius 2 is 1.84 bits per heavy atom. The van der Waals surface area contributed by atoms with Crippen LogP contribution in [0.1, 0.15) is 103 Å². The normalized spacial score (nSPS) is 28.3. The highest BCUT2D eigenvalue weighted by molar-refractivity contribution is 7.91. The number of fused-ring (bicyclic) bond motifs is 3. The number of ether oxygens (including phenoxy) is 2. The van der Waals surface area contributed by atoms with Crippen LogP contribution >= 0.6 is 0 Å². The molecule has 4 aliphatic rings. The first kappa shape index (κ1) is 36.4. The molecule has 5 rings (SSSR count). The number of amides is 4. The summed E-state index contributed by atoms with van der Waals surface area (Å²) < 4.78 is 39.4. The van der Waals surface area contributed by atoms with Crippen LogP contribution < -0.4 is 20.1 Å². The van der Waals surface area contributed by atoms with Crippen molar-refractivity contribution < 1.29 is 37.1 Å². The Morgan fingerprint density at radius 3 is 2.49 bits per heavy atom. The van der Waals surface area contributed by atoms with Gasteiger partial charge in [-0.1, -0.05) is 59.4 Å². The second kappa shape index (κ2) is 14.5. The molecule has 2 heterocycles. The van der Waals surface area contributed by atoms with Gasteiger partial charge in [-0.25, -0.2) is 13.2 Å². The molecule has 0 spiro atoms. The van der Waals surface area contributed by atoms with Crippen LogP contribution in [0.5, 0.6) is 5.75 Å². The molecular weight excluding hydrogens is 650 g/mol. The fraction of sp³-hybridized carbons (Fsp3) is 0.686. The van der Waals surface area contributed by atoms with Gasteiger partial charge < -0.3 is 25.0 Å². The number of carbonyl (C=O) groups excluding carboxylic acids is 4. The zero-order valence-corrected chi connectivity index (χ0v) is 29.7. The van der Waals surface area contributed by atoms with Gasteiger partial charge in [-0.3, -0.25) is 19.1 Å². The first-order chi connectivity index (χ1) is 23.2. The molecule has 3 N–H and O–H groups in total. The van der Waals surface area contributed by atoms with Crippen LogP contribution in [0.25, 0.3) is 0 Å². The van der Waals surface area contributed by atoms with Gasteiger partial charge in [0, 0.05) is 6.42 Å². The summed E-state index contributed by atoms with van der Waals surface area (Å²) >= 11 is 0. The monoisotopic (exact) mass is 699 g/mol. The van der Waals surface area contributed by atoms with E-state index in [1.165, 1.54) is 4.90 Å². The summed E-state index contributed by atoms with van der Waals surface area (Å²) in [7, 11) is -3.85. The van der Waals surface area contributed by atoms with E-state index < -0.39 is 68.2 Å². The molecule has 3 fully saturated rings. The smallest absolute Gasteiger partial charge is 0.407 e. The van der Waals surface area contributed by atoms with E-state index in [4.69, 9.17) is 9.47 Å². The quantitative estimate of drug-likeness (QED) is 0.400. The second-order valence-electron chi connectivity index (χ2n) is 15.0. The number of cyclic esters (lactones) is 1. The minimum absolute atomic E-state index is 0.00289. The van der Waals surface area contributed by atoms with Crippen molar-refractivity contribution in [1.82, 2.24) is 20.3 Å². The van der Waals surface area contributed by atoms with E-state index >= 15 is 0 Å². The SMILES string of the molecule is CC[C@H]1C[C@@]1(NC(=O)[C@@H]1C[C@@H]2CN1C(=O)[C@H](C(C)(C)C)NC(=O)OCCCCCCCc1ccc(C#N)cc1O2)C(=O)NS(=O)(=O)C1CC1. The van der Waals surface area contributed by atoms with E-state index in [0.29, 0.717) is 43.4 Å². The van der Waals surface area contributed by atoms with Gasteiger partial charge in [0.1, 0.15) is 29.5 Å². The molecule has 4 amide bonds. The fourth-order valence-electron chi connectivity index (χ4n) is 6.88. The van der Waals surface area contributed by atoms with Crippen molar-refractivity contribution in [2.45, 2.75) is 127 Å². The number of benzene rings is 1. The molecule has 1 aromatic carbocycles. The Kier molecular flexibility index (Phi) is 10.8. The van der Waals surface area contributed by atoms with Gasteiger partial charge in [0.2, 0.25) is 21.8 Å². The van der Waals surface area contributed by atoms with Crippen LogP contribution in [0.3, 0.4) is 0 Å². The predicted molar refractivity (Wildman–Crippen MR) is 180 cm³/mol. The van der Waals surface area contributed by atoms with Crippen molar-refractivity contribution in [3.8, 4) is 11.8 Å². The van der Waals surface area contributed by atoms with E-state index in [1.807, 2.05) is 13.0 Å². The maximum absolute atomic E-state index is 14.4. The second-order valence-corrected chi connectivity index (χ2v) is 16.9. The Labute approximate surface area is 288 Å². The summed E-state index contributed by atoms with van der Waals surface area (Å²) in [4.78, 5) is 56.3. The minimum Gasteiger partial charge on any atom is -0.488 e. The third-order valence-corrected chi connectivity index (χ3v) is 11.9. The lowest BCUT2D eigenvalue weighted by atomic mass is 9.85. The maximum atomic E-state index is 14.4. The fourth-order valence-corrected chi connectivity index (χ4v) is 8.24. The Morgan fingerprint density at radius 1 is 1.12 bits per heavy atom. The predicted octanol–water partition coefficient (Wildman–Crippen LogP) is 3.45. The number of hydrogen-bond acceptors (Lipinski definition) is 9. The number of hydrogen-bond donors (Lipinski definition) is 3. The first-order valence-electron chi connectivity index (χ1n) is 17.5. The Balaban J connectivity index is 1.46. The zero-order valence-electron chi connectivity index (χ0n) is 28.9. The molecule has 1 aromatic rings. The third kappa shape index (κ3) is 8.48. The molecule has 0 aromatic heterocycles. The summed E-state index contributed by atoms with van der Waals surface area (Å²) in [6.45, 7) is 7.48.